The van der Waals surface area contributed by atoms with Gasteiger partial charge in [-0.2, -0.15) is 0 Å². The van der Waals surface area contributed by atoms with E-state index in [0.717, 1.165) is 5.70 Å². The van der Waals surface area contributed by atoms with Crippen molar-refractivity contribution in [3.8, 4) is 0 Å². The third kappa shape index (κ3) is 2.36. The smallest absolute Gasteiger partial charge is 0.250 e. The fourth-order valence-corrected chi connectivity index (χ4v) is 2.53. The molecule has 102 valence electrons. The lowest BCUT2D eigenvalue weighted by atomic mass is 9.89. The Labute approximate surface area is 109 Å². The summed E-state index contributed by atoms with van der Waals surface area (Å²) in [6.07, 6.45) is 3.43. The highest BCUT2D eigenvalue weighted by molar-refractivity contribution is 5.96. The van der Waals surface area contributed by atoms with Crippen LogP contribution in [0.4, 0.5) is 0 Å². The molecule has 1 unspecified atom stereocenters. The molecule has 0 aromatic carbocycles. The number of aliphatic hydroxyl groups is 1. The Morgan fingerprint density at radius 1 is 1.56 bits per heavy atom. The zero-order chi connectivity index (χ0) is 14.1. The van der Waals surface area contributed by atoms with Gasteiger partial charge in [-0.25, -0.2) is 0 Å². The molecule has 1 aliphatic rings. The van der Waals surface area contributed by atoms with Crippen molar-refractivity contribution in [2.45, 2.75) is 39.0 Å². The van der Waals surface area contributed by atoms with E-state index >= 15 is 0 Å². The quantitative estimate of drug-likeness (QED) is 0.771. The number of carbonyl (C=O) groups excluding carboxylic acids is 1. The van der Waals surface area contributed by atoms with Crippen LogP contribution in [0.1, 0.15) is 27.2 Å². The van der Waals surface area contributed by atoms with Gasteiger partial charge in [0.25, 0.3) is 5.91 Å². The van der Waals surface area contributed by atoms with Crippen molar-refractivity contribution in [2.24, 2.45) is 5.73 Å². The van der Waals surface area contributed by atoms with Gasteiger partial charge < -0.3 is 20.6 Å². The van der Waals surface area contributed by atoms with Gasteiger partial charge in [0.2, 0.25) is 0 Å². The summed E-state index contributed by atoms with van der Waals surface area (Å²) in [7, 11) is 3.74. The Balaban J connectivity index is 3.31. The van der Waals surface area contributed by atoms with Crippen molar-refractivity contribution >= 4 is 5.91 Å². The third-order valence-electron chi connectivity index (χ3n) is 3.28. The molecule has 0 fully saturated rings. The Kier molecular flexibility index (Phi) is 4.06. The molecule has 0 radical (unpaired) electrons. The molecule has 0 saturated heterocycles. The van der Waals surface area contributed by atoms with E-state index < -0.39 is 17.7 Å². The van der Waals surface area contributed by atoms with E-state index in [2.05, 4.69) is 0 Å². The van der Waals surface area contributed by atoms with E-state index in [1.54, 1.807) is 12.3 Å². The molecule has 0 aliphatic carbocycles. The minimum atomic E-state index is -0.583. The number of primary amides is 1. The summed E-state index contributed by atoms with van der Waals surface area (Å²) < 4.78 is 0. The van der Waals surface area contributed by atoms with Crippen molar-refractivity contribution in [1.82, 2.24) is 9.80 Å². The third-order valence-corrected chi connectivity index (χ3v) is 3.28. The number of nitrogens with two attached hydrogens (primary N) is 1. The van der Waals surface area contributed by atoms with Gasteiger partial charge in [-0.15, -0.1) is 0 Å². The van der Waals surface area contributed by atoms with Gasteiger partial charge in [-0.1, -0.05) is 6.92 Å². The molecule has 0 bridgehead atoms. The number of amides is 1. The first-order valence-corrected chi connectivity index (χ1v) is 6.10. The normalized spacial score (nSPS) is 20.0. The Morgan fingerprint density at radius 2 is 2.11 bits per heavy atom. The summed E-state index contributed by atoms with van der Waals surface area (Å²) in [6, 6.07) is 0. The topological polar surface area (TPSA) is 69.8 Å². The predicted octanol–water partition coefficient (Wildman–Crippen LogP) is 0.624. The molecule has 1 rings (SSSR count). The maximum absolute atomic E-state index is 11.5. The minimum Gasteiger partial charge on any atom is -0.378 e. The molecule has 3 N–H and O–H groups in total. The van der Waals surface area contributed by atoms with Gasteiger partial charge in [0, 0.05) is 20.3 Å². The average Bonchev–Trinajstić information content (AvgIpc) is 2.25. The predicted molar refractivity (Wildman–Crippen MR) is 71.3 cm³/mol. The van der Waals surface area contributed by atoms with Crippen LogP contribution in [0.2, 0.25) is 0 Å². The zero-order valence-electron chi connectivity index (χ0n) is 11.8. The van der Waals surface area contributed by atoms with Gasteiger partial charge >= 0.3 is 0 Å². The molecule has 18 heavy (non-hydrogen) atoms. The molecule has 0 spiro atoms. The van der Waals surface area contributed by atoms with E-state index in [1.165, 1.54) is 0 Å². The SMILES string of the molecule is CCC(O)N1C=CC(C(N)=O)=C(N(C)C)C1(C)C. The molecule has 1 aliphatic heterocycles. The summed E-state index contributed by atoms with van der Waals surface area (Å²) >= 11 is 0. The maximum Gasteiger partial charge on any atom is 0.250 e. The van der Waals surface area contributed by atoms with Crippen LogP contribution < -0.4 is 5.73 Å². The minimum absolute atomic E-state index is 0.450. The van der Waals surface area contributed by atoms with Gasteiger partial charge in [-0.3, -0.25) is 4.79 Å². The van der Waals surface area contributed by atoms with Crippen LogP contribution >= 0.6 is 0 Å². The standard InChI is InChI=1S/C13H23N3O2/c1-6-10(17)16-8-7-9(12(14)18)11(15(4)5)13(16,2)3/h7-8,10,17H,6H2,1-5H3,(H2,14,18). The molecular formula is C13H23N3O2. The number of aliphatic hydroxyl groups excluding tert-OH is 1. The number of hydrogen-bond acceptors (Lipinski definition) is 4. The fourth-order valence-electron chi connectivity index (χ4n) is 2.53. The second-order valence-corrected chi connectivity index (χ2v) is 5.19. The van der Waals surface area contributed by atoms with Crippen LogP contribution in [-0.4, -0.2) is 46.7 Å². The van der Waals surface area contributed by atoms with Gasteiger partial charge in [0.05, 0.1) is 16.8 Å². The summed E-state index contributed by atoms with van der Waals surface area (Å²) in [4.78, 5) is 15.2. The van der Waals surface area contributed by atoms with E-state index in [-0.39, 0.29) is 0 Å². The Bertz CT molecular complexity index is 397. The van der Waals surface area contributed by atoms with Gasteiger partial charge in [-0.05, 0) is 26.3 Å². The molecule has 1 atom stereocenters. The highest BCUT2D eigenvalue weighted by Gasteiger charge is 2.38. The molecule has 1 amide bonds. The summed E-state index contributed by atoms with van der Waals surface area (Å²) in [5, 5.41) is 10.1. The second-order valence-electron chi connectivity index (χ2n) is 5.19. The first-order valence-electron chi connectivity index (χ1n) is 6.10. The summed E-state index contributed by atoms with van der Waals surface area (Å²) in [5.74, 6) is -0.450. The van der Waals surface area contributed by atoms with Crippen molar-refractivity contribution in [2.75, 3.05) is 14.1 Å². The Hall–Kier alpha value is -1.49. The molecule has 0 aromatic heterocycles. The maximum atomic E-state index is 11.5. The van der Waals surface area contributed by atoms with Crippen LogP contribution in [0.25, 0.3) is 0 Å². The zero-order valence-corrected chi connectivity index (χ0v) is 11.8. The number of likely N-dealkylation sites (N-methyl/N-ethyl adjacent to an activating group) is 1. The van der Waals surface area contributed by atoms with Crippen molar-refractivity contribution in [3.63, 3.8) is 0 Å². The molecule has 0 aromatic rings. The lowest BCUT2D eigenvalue weighted by molar-refractivity contribution is -0.114. The van der Waals surface area contributed by atoms with Crippen LogP contribution in [0.15, 0.2) is 23.5 Å². The highest BCUT2D eigenvalue weighted by Crippen LogP contribution is 2.34. The number of hydrogen-bond donors (Lipinski definition) is 2. The summed E-state index contributed by atoms with van der Waals surface area (Å²) in [6.45, 7) is 5.85. The molecule has 5 nitrogen and oxygen atoms in total. The Morgan fingerprint density at radius 3 is 2.50 bits per heavy atom. The van der Waals surface area contributed by atoms with Crippen LogP contribution in [0.5, 0.6) is 0 Å². The monoisotopic (exact) mass is 253 g/mol. The lowest BCUT2D eigenvalue weighted by Crippen LogP contribution is -2.53. The fraction of sp³-hybridized carbons (Fsp3) is 0.615. The first-order chi connectivity index (χ1) is 8.23. The molecule has 0 saturated carbocycles. The van der Waals surface area contributed by atoms with E-state index in [9.17, 15) is 9.90 Å². The van der Waals surface area contributed by atoms with E-state index in [0.29, 0.717) is 12.0 Å². The lowest BCUT2D eigenvalue weighted by Gasteiger charge is -2.47. The average molecular weight is 253 g/mol. The second kappa shape index (κ2) is 5.02. The number of nitrogens with zero attached hydrogens (tertiary/aromatic N) is 2. The van der Waals surface area contributed by atoms with E-state index in [4.69, 9.17) is 5.73 Å². The number of rotatable bonds is 4. The first kappa shape index (κ1) is 14.6. The van der Waals surface area contributed by atoms with Crippen LogP contribution in [0, 0.1) is 0 Å². The van der Waals surface area contributed by atoms with Crippen molar-refractivity contribution in [3.05, 3.63) is 23.5 Å². The van der Waals surface area contributed by atoms with Gasteiger partial charge in [0.1, 0.15) is 6.23 Å². The van der Waals surface area contributed by atoms with Crippen molar-refractivity contribution in [1.29, 1.82) is 0 Å². The highest BCUT2D eigenvalue weighted by atomic mass is 16.3. The van der Waals surface area contributed by atoms with Crippen molar-refractivity contribution < 1.29 is 9.90 Å². The molecule has 5 heteroatoms. The number of carbonyl (C=O) groups is 1. The molecular weight excluding hydrogens is 230 g/mol. The van der Waals surface area contributed by atoms with Crippen LogP contribution in [-0.2, 0) is 4.79 Å². The van der Waals surface area contributed by atoms with Gasteiger partial charge in [0.15, 0.2) is 0 Å². The largest absolute Gasteiger partial charge is 0.378 e. The van der Waals surface area contributed by atoms with E-state index in [1.807, 2.05) is 44.7 Å². The summed E-state index contributed by atoms with van der Waals surface area (Å²) in [5.41, 5.74) is 6.23. The van der Waals surface area contributed by atoms with Crippen LogP contribution in [0.3, 0.4) is 0 Å². The molecule has 1 heterocycles.